The van der Waals surface area contributed by atoms with Gasteiger partial charge in [0.1, 0.15) is 11.9 Å². The highest BCUT2D eigenvalue weighted by molar-refractivity contribution is 5.93. The first-order valence-electron chi connectivity index (χ1n) is 10.4. The molecule has 3 aromatic rings. The Kier molecular flexibility index (Phi) is 4.75. The average molecular weight is 399 g/mol. The molecule has 0 bridgehead atoms. The predicted octanol–water partition coefficient (Wildman–Crippen LogP) is 4.08. The Morgan fingerprint density at radius 3 is 2.73 bits per heavy atom. The van der Waals surface area contributed by atoms with E-state index < -0.39 is 6.10 Å². The molecular formula is C25H25N3O2. The first-order valence-corrected chi connectivity index (χ1v) is 10.4. The van der Waals surface area contributed by atoms with Crippen molar-refractivity contribution < 1.29 is 9.53 Å². The Balaban J connectivity index is 1.34. The third-order valence-corrected chi connectivity index (χ3v) is 6.12. The van der Waals surface area contributed by atoms with Crippen LogP contribution in [0.3, 0.4) is 0 Å². The third kappa shape index (κ3) is 3.46. The van der Waals surface area contributed by atoms with Crippen LogP contribution < -0.4 is 10.2 Å². The number of carbonyl (C=O) groups is 1. The van der Waals surface area contributed by atoms with Crippen molar-refractivity contribution in [2.75, 3.05) is 23.4 Å². The summed E-state index contributed by atoms with van der Waals surface area (Å²) in [5.41, 5.74) is 4.71. The lowest BCUT2D eigenvalue weighted by atomic mass is 9.80. The van der Waals surface area contributed by atoms with Gasteiger partial charge >= 0.3 is 0 Å². The minimum atomic E-state index is -0.474. The van der Waals surface area contributed by atoms with E-state index in [2.05, 4.69) is 63.7 Å². The first kappa shape index (κ1) is 18.8. The summed E-state index contributed by atoms with van der Waals surface area (Å²) < 4.78 is 6.04. The number of pyridine rings is 1. The number of hydrogen-bond acceptors (Lipinski definition) is 4. The Morgan fingerprint density at radius 2 is 1.93 bits per heavy atom. The molecule has 3 heterocycles. The largest absolute Gasteiger partial charge is 0.367 e. The number of benzene rings is 2. The van der Waals surface area contributed by atoms with Gasteiger partial charge in [-0.1, -0.05) is 54.6 Å². The lowest BCUT2D eigenvalue weighted by Crippen LogP contribution is -2.35. The number of anilines is 2. The standard InChI is InChI=1S/C25H25N3O2/c1-18-11-12-23(26-14-18)27-24(29)22-13-25(17-30-22)16-28(15-19-7-3-2-4-8-19)21-10-6-5-9-20(21)25/h2-12,14,22H,13,15-17H2,1H3,(H,26,27,29)/t22-,25+/m0/s1. The molecule has 2 aliphatic heterocycles. The van der Waals surface area contributed by atoms with E-state index in [-0.39, 0.29) is 11.3 Å². The second-order valence-corrected chi connectivity index (χ2v) is 8.35. The number of hydrogen-bond donors (Lipinski definition) is 1. The number of nitrogens with one attached hydrogen (secondary N) is 1. The van der Waals surface area contributed by atoms with Gasteiger partial charge in [-0.05, 0) is 42.2 Å². The zero-order valence-corrected chi connectivity index (χ0v) is 17.0. The van der Waals surface area contributed by atoms with E-state index in [1.54, 1.807) is 6.20 Å². The molecule has 1 fully saturated rings. The number of ether oxygens (including phenoxy) is 1. The average Bonchev–Trinajstić information content (AvgIpc) is 3.33. The van der Waals surface area contributed by atoms with E-state index >= 15 is 0 Å². The molecule has 0 unspecified atom stereocenters. The van der Waals surface area contributed by atoms with Gasteiger partial charge in [0.25, 0.3) is 5.91 Å². The first-order chi connectivity index (χ1) is 14.6. The van der Waals surface area contributed by atoms with Crippen LogP contribution in [0.4, 0.5) is 11.5 Å². The highest BCUT2D eigenvalue weighted by atomic mass is 16.5. The molecule has 2 aliphatic rings. The number of amides is 1. The van der Waals surface area contributed by atoms with E-state index in [4.69, 9.17) is 4.74 Å². The van der Waals surface area contributed by atoms with E-state index in [9.17, 15) is 4.79 Å². The van der Waals surface area contributed by atoms with E-state index in [0.717, 1.165) is 18.7 Å². The minimum absolute atomic E-state index is 0.123. The lowest BCUT2D eigenvalue weighted by molar-refractivity contribution is -0.124. The van der Waals surface area contributed by atoms with Crippen LogP contribution in [-0.4, -0.2) is 30.1 Å². The number of rotatable bonds is 4. The van der Waals surface area contributed by atoms with Crippen LogP contribution >= 0.6 is 0 Å². The molecule has 5 nitrogen and oxygen atoms in total. The molecule has 1 aromatic heterocycles. The van der Waals surface area contributed by atoms with Crippen molar-refractivity contribution in [1.29, 1.82) is 0 Å². The molecule has 0 radical (unpaired) electrons. The summed E-state index contributed by atoms with van der Waals surface area (Å²) in [7, 11) is 0. The van der Waals surface area contributed by atoms with Crippen LogP contribution in [0.15, 0.2) is 72.9 Å². The fraction of sp³-hybridized carbons (Fsp3) is 0.280. The monoisotopic (exact) mass is 399 g/mol. The topological polar surface area (TPSA) is 54.5 Å². The molecule has 1 saturated heterocycles. The summed E-state index contributed by atoms with van der Waals surface area (Å²) in [4.78, 5) is 19.5. The quantitative estimate of drug-likeness (QED) is 0.718. The van der Waals surface area contributed by atoms with Gasteiger partial charge in [-0.15, -0.1) is 0 Å². The number of carbonyl (C=O) groups excluding carboxylic acids is 1. The predicted molar refractivity (Wildman–Crippen MR) is 118 cm³/mol. The van der Waals surface area contributed by atoms with Crippen molar-refractivity contribution in [3.05, 3.63) is 89.6 Å². The maximum absolute atomic E-state index is 12.8. The Morgan fingerprint density at radius 1 is 1.13 bits per heavy atom. The fourth-order valence-corrected chi connectivity index (χ4v) is 4.63. The van der Waals surface area contributed by atoms with Gasteiger partial charge in [-0.2, -0.15) is 0 Å². The smallest absolute Gasteiger partial charge is 0.254 e. The van der Waals surface area contributed by atoms with Crippen LogP contribution in [0.2, 0.25) is 0 Å². The Bertz CT molecular complexity index is 1050. The van der Waals surface area contributed by atoms with Crippen LogP contribution in [0.1, 0.15) is 23.1 Å². The molecule has 2 atom stereocenters. The maximum Gasteiger partial charge on any atom is 0.254 e. The van der Waals surface area contributed by atoms with Crippen molar-refractivity contribution in [2.45, 2.75) is 31.4 Å². The zero-order valence-electron chi connectivity index (χ0n) is 17.0. The second-order valence-electron chi connectivity index (χ2n) is 8.35. The molecular weight excluding hydrogens is 374 g/mol. The van der Waals surface area contributed by atoms with Crippen molar-refractivity contribution in [3.8, 4) is 0 Å². The molecule has 1 N–H and O–H groups in total. The lowest BCUT2D eigenvalue weighted by Gasteiger charge is -2.24. The Hall–Kier alpha value is -3.18. The number of fused-ring (bicyclic) bond motifs is 2. The van der Waals surface area contributed by atoms with Gasteiger partial charge in [0.15, 0.2) is 0 Å². The zero-order chi connectivity index (χ0) is 20.6. The third-order valence-electron chi connectivity index (χ3n) is 6.12. The molecule has 5 heteroatoms. The number of aryl methyl sites for hydroxylation is 1. The summed E-state index contributed by atoms with van der Waals surface area (Å²) in [5, 5.41) is 2.90. The van der Waals surface area contributed by atoms with Crippen molar-refractivity contribution in [2.24, 2.45) is 0 Å². The van der Waals surface area contributed by atoms with Gasteiger partial charge in [0, 0.05) is 30.4 Å². The highest BCUT2D eigenvalue weighted by Crippen LogP contribution is 2.47. The fourth-order valence-electron chi connectivity index (χ4n) is 4.63. The van der Waals surface area contributed by atoms with Crippen LogP contribution in [0, 0.1) is 6.92 Å². The molecule has 0 saturated carbocycles. The van der Waals surface area contributed by atoms with Crippen LogP contribution in [-0.2, 0) is 21.5 Å². The van der Waals surface area contributed by atoms with Crippen LogP contribution in [0.5, 0.6) is 0 Å². The van der Waals surface area contributed by atoms with E-state index in [0.29, 0.717) is 18.8 Å². The molecule has 0 aliphatic carbocycles. The molecule has 2 aromatic carbocycles. The summed E-state index contributed by atoms with van der Waals surface area (Å²) in [6, 6.07) is 22.8. The number of aromatic nitrogens is 1. The minimum Gasteiger partial charge on any atom is -0.367 e. The molecule has 5 rings (SSSR count). The second kappa shape index (κ2) is 7.58. The summed E-state index contributed by atoms with van der Waals surface area (Å²) in [6.45, 7) is 4.23. The molecule has 152 valence electrons. The van der Waals surface area contributed by atoms with Crippen LogP contribution in [0.25, 0.3) is 0 Å². The molecule has 30 heavy (non-hydrogen) atoms. The molecule has 1 spiro atoms. The Labute approximate surface area is 176 Å². The maximum atomic E-state index is 12.8. The summed E-state index contributed by atoms with van der Waals surface area (Å²) >= 11 is 0. The summed E-state index contributed by atoms with van der Waals surface area (Å²) in [6.07, 6.45) is 1.95. The van der Waals surface area contributed by atoms with Crippen molar-refractivity contribution in [1.82, 2.24) is 4.98 Å². The summed E-state index contributed by atoms with van der Waals surface area (Å²) in [5.74, 6) is 0.440. The van der Waals surface area contributed by atoms with Gasteiger partial charge in [0.2, 0.25) is 0 Å². The normalized spacial score (nSPS) is 22.3. The van der Waals surface area contributed by atoms with Gasteiger partial charge in [0.05, 0.1) is 6.61 Å². The van der Waals surface area contributed by atoms with Gasteiger partial charge in [-0.25, -0.2) is 4.98 Å². The molecule has 1 amide bonds. The van der Waals surface area contributed by atoms with Gasteiger partial charge < -0.3 is 15.0 Å². The van der Waals surface area contributed by atoms with Gasteiger partial charge in [-0.3, -0.25) is 4.79 Å². The van der Waals surface area contributed by atoms with E-state index in [1.807, 2.05) is 25.1 Å². The SMILES string of the molecule is Cc1ccc(NC(=O)[C@@H]2C[C@]3(CO2)CN(Cc2ccccc2)c2ccccc23)nc1. The number of nitrogens with zero attached hydrogens (tertiary/aromatic N) is 2. The number of para-hydroxylation sites is 1. The van der Waals surface area contributed by atoms with Crippen molar-refractivity contribution in [3.63, 3.8) is 0 Å². The van der Waals surface area contributed by atoms with Crippen molar-refractivity contribution >= 4 is 17.4 Å². The van der Waals surface area contributed by atoms with E-state index in [1.165, 1.54) is 16.8 Å². The highest BCUT2D eigenvalue weighted by Gasteiger charge is 2.50.